The van der Waals surface area contributed by atoms with Gasteiger partial charge in [0.2, 0.25) is 0 Å². The zero-order chi connectivity index (χ0) is 17.0. The van der Waals surface area contributed by atoms with Crippen LogP contribution in [0.25, 0.3) is 0 Å². The summed E-state index contributed by atoms with van der Waals surface area (Å²) in [7, 11) is 1.32. The number of oxime groups is 1. The molecule has 0 radical (unpaired) electrons. The average molecular weight is 340 g/mol. The van der Waals surface area contributed by atoms with Gasteiger partial charge in [-0.1, -0.05) is 17.4 Å². The zero-order valence-electron chi connectivity index (χ0n) is 12.7. The largest absolute Gasteiger partial charge is 0.442 e. The summed E-state index contributed by atoms with van der Waals surface area (Å²) in [6.07, 6.45) is -0.896. The standard InChI is InChI=1S/C14H17FN4O3S/c1-8(23)17-6-10-7-19(14(20)22-10)9-3-4-11(12(15)5-9)13(16)18-21-2/h3-5,10H,6-7H2,1-2H3,(H2,16,18)(H,17,23). The summed E-state index contributed by atoms with van der Waals surface area (Å²) in [5, 5.41) is 6.42. The molecular weight excluding hydrogens is 323 g/mol. The molecule has 1 unspecified atom stereocenters. The summed E-state index contributed by atoms with van der Waals surface area (Å²) >= 11 is 4.91. The van der Waals surface area contributed by atoms with Gasteiger partial charge in [0.15, 0.2) is 5.84 Å². The third-order valence-corrected chi connectivity index (χ3v) is 3.33. The number of nitrogens with two attached hydrogens (primary N) is 1. The summed E-state index contributed by atoms with van der Waals surface area (Å²) in [5.74, 6) is -0.691. The second-order valence-electron chi connectivity index (χ2n) is 4.88. The lowest BCUT2D eigenvalue weighted by Crippen LogP contribution is -2.32. The molecule has 1 aliphatic rings. The number of ether oxygens (including phenoxy) is 1. The molecule has 1 amide bonds. The van der Waals surface area contributed by atoms with E-state index in [0.29, 0.717) is 23.8 Å². The van der Waals surface area contributed by atoms with Crippen molar-refractivity contribution in [3.63, 3.8) is 0 Å². The molecule has 0 spiro atoms. The van der Waals surface area contributed by atoms with Gasteiger partial charge in [-0.05, 0) is 25.1 Å². The number of rotatable bonds is 5. The van der Waals surface area contributed by atoms with Crippen molar-refractivity contribution >= 4 is 34.8 Å². The maximum atomic E-state index is 14.1. The number of carbonyl (C=O) groups is 1. The Bertz CT molecular complexity index is 653. The number of amides is 1. The van der Waals surface area contributed by atoms with Crippen molar-refractivity contribution < 1.29 is 18.8 Å². The molecule has 1 atom stereocenters. The topological polar surface area (TPSA) is 89.2 Å². The van der Waals surface area contributed by atoms with E-state index in [1.165, 1.54) is 24.1 Å². The highest BCUT2D eigenvalue weighted by Gasteiger charge is 2.32. The van der Waals surface area contributed by atoms with Crippen LogP contribution in [-0.2, 0) is 9.57 Å². The molecule has 9 heteroatoms. The van der Waals surface area contributed by atoms with Gasteiger partial charge in [0.1, 0.15) is 19.0 Å². The lowest BCUT2D eigenvalue weighted by Gasteiger charge is -2.14. The molecule has 124 valence electrons. The minimum Gasteiger partial charge on any atom is -0.442 e. The summed E-state index contributed by atoms with van der Waals surface area (Å²) in [4.78, 5) is 18.4. The lowest BCUT2D eigenvalue weighted by atomic mass is 10.1. The van der Waals surface area contributed by atoms with E-state index in [4.69, 9.17) is 22.7 Å². The molecule has 7 nitrogen and oxygen atoms in total. The summed E-state index contributed by atoms with van der Waals surface area (Å²) in [5.41, 5.74) is 6.06. The molecular formula is C14H17FN4O3S. The number of cyclic esters (lactones) is 1. The van der Waals surface area contributed by atoms with Crippen LogP contribution in [0, 0.1) is 5.82 Å². The molecule has 1 aromatic rings. The highest BCUT2D eigenvalue weighted by molar-refractivity contribution is 7.80. The smallest absolute Gasteiger partial charge is 0.414 e. The molecule has 23 heavy (non-hydrogen) atoms. The van der Waals surface area contributed by atoms with Gasteiger partial charge in [-0.25, -0.2) is 9.18 Å². The summed E-state index contributed by atoms with van der Waals surface area (Å²) < 4.78 is 19.3. The normalized spacial score (nSPS) is 17.9. The quantitative estimate of drug-likeness (QED) is 0.364. The van der Waals surface area contributed by atoms with Crippen LogP contribution >= 0.6 is 12.2 Å². The monoisotopic (exact) mass is 340 g/mol. The van der Waals surface area contributed by atoms with Crippen molar-refractivity contribution in [3.8, 4) is 0 Å². The fraction of sp³-hybridized carbons (Fsp3) is 0.357. The fourth-order valence-corrected chi connectivity index (χ4v) is 2.21. The molecule has 1 heterocycles. The van der Waals surface area contributed by atoms with Gasteiger partial charge < -0.3 is 20.6 Å². The summed E-state index contributed by atoms with van der Waals surface area (Å²) in [6.45, 7) is 2.45. The Labute approximate surface area is 138 Å². The second kappa shape index (κ2) is 7.23. The van der Waals surface area contributed by atoms with Crippen LogP contribution in [0.15, 0.2) is 23.4 Å². The molecule has 1 saturated heterocycles. The molecule has 0 saturated carbocycles. The van der Waals surface area contributed by atoms with E-state index >= 15 is 0 Å². The van der Waals surface area contributed by atoms with E-state index in [1.54, 1.807) is 13.0 Å². The Morgan fingerprint density at radius 1 is 1.65 bits per heavy atom. The number of carbonyl (C=O) groups excluding carboxylic acids is 1. The van der Waals surface area contributed by atoms with Gasteiger partial charge in [0, 0.05) is 0 Å². The van der Waals surface area contributed by atoms with Gasteiger partial charge in [0.05, 0.1) is 29.3 Å². The highest BCUT2D eigenvalue weighted by atomic mass is 32.1. The first kappa shape index (κ1) is 16.9. The Hall–Kier alpha value is -2.42. The number of halogens is 1. The summed E-state index contributed by atoms with van der Waals surface area (Å²) in [6, 6.07) is 4.20. The van der Waals surface area contributed by atoms with Crippen LogP contribution < -0.4 is 16.0 Å². The molecule has 1 aromatic carbocycles. The molecule has 2 rings (SSSR count). The number of thiocarbonyl (C=S) groups is 1. The highest BCUT2D eigenvalue weighted by Crippen LogP contribution is 2.24. The van der Waals surface area contributed by atoms with E-state index in [-0.39, 0.29) is 17.5 Å². The fourth-order valence-electron chi connectivity index (χ4n) is 2.12. The van der Waals surface area contributed by atoms with Gasteiger partial charge in [0.25, 0.3) is 0 Å². The van der Waals surface area contributed by atoms with Crippen molar-refractivity contribution in [2.24, 2.45) is 10.9 Å². The van der Waals surface area contributed by atoms with Gasteiger partial charge in [-0.2, -0.15) is 0 Å². The molecule has 3 N–H and O–H groups in total. The molecule has 0 aliphatic carbocycles. The average Bonchev–Trinajstić information content (AvgIpc) is 2.86. The Morgan fingerprint density at radius 2 is 2.39 bits per heavy atom. The Balaban J connectivity index is 2.13. The van der Waals surface area contributed by atoms with Crippen molar-refractivity contribution in [1.82, 2.24) is 5.32 Å². The van der Waals surface area contributed by atoms with Crippen molar-refractivity contribution in [1.29, 1.82) is 0 Å². The number of benzene rings is 1. The first-order valence-corrected chi connectivity index (χ1v) is 7.22. The van der Waals surface area contributed by atoms with E-state index in [1.807, 2.05) is 0 Å². The SMILES string of the molecule is CO/N=C(\N)c1ccc(N2CC(CNC(C)=S)OC2=O)cc1F. The maximum Gasteiger partial charge on any atom is 0.414 e. The van der Waals surface area contributed by atoms with Crippen molar-refractivity contribution in [2.45, 2.75) is 13.0 Å². The van der Waals surface area contributed by atoms with Gasteiger partial charge in [-0.15, -0.1) is 0 Å². The Kier molecular flexibility index (Phi) is 5.32. The minimum atomic E-state index is -0.607. The predicted octanol–water partition coefficient (Wildman–Crippen LogP) is 1.35. The van der Waals surface area contributed by atoms with E-state index in [2.05, 4.69) is 15.3 Å². The number of amidine groups is 1. The molecule has 0 aromatic heterocycles. The van der Waals surface area contributed by atoms with E-state index < -0.39 is 11.9 Å². The van der Waals surface area contributed by atoms with Crippen LogP contribution in [0.4, 0.5) is 14.9 Å². The molecule has 1 fully saturated rings. The maximum absolute atomic E-state index is 14.1. The minimum absolute atomic E-state index is 0.0842. The lowest BCUT2D eigenvalue weighted by molar-refractivity contribution is 0.143. The second-order valence-corrected chi connectivity index (χ2v) is 5.49. The number of hydrogen-bond donors (Lipinski definition) is 2. The van der Waals surface area contributed by atoms with Crippen LogP contribution in [-0.4, -0.2) is 43.2 Å². The molecule has 0 bridgehead atoms. The first-order chi connectivity index (χ1) is 10.9. The third kappa shape index (κ3) is 4.07. The number of anilines is 1. The van der Waals surface area contributed by atoms with Crippen molar-refractivity contribution in [3.05, 3.63) is 29.6 Å². The van der Waals surface area contributed by atoms with E-state index in [9.17, 15) is 9.18 Å². The number of nitrogens with zero attached hydrogens (tertiary/aromatic N) is 2. The number of nitrogens with one attached hydrogen (secondary N) is 1. The van der Waals surface area contributed by atoms with Crippen LogP contribution in [0.1, 0.15) is 12.5 Å². The van der Waals surface area contributed by atoms with Crippen LogP contribution in [0.2, 0.25) is 0 Å². The third-order valence-electron chi connectivity index (χ3n) is 3.18. The van der Waals surface area contributed by atoms with Crippen molar-refractivity contribution in [2.75, 3.05) is 25.1 Å². The first-order valence-electron chi connectivity index (χ1n) is 6.81. The predicted molar refractivity (Wildman–Crippen MR) is 88.0 cm³/mol. The van der Waals surface area contributed by atoms with Crippen LogP contribution in [0.3, 0.4) is 0 Å². The van der Waals surface area contributed by atoms with Crippen LogP contribution in [0.5, 0.6) is 0 Å². The van der Waals surface area contributed by atoms with Gasteiger partial charge >= 0.3 is 6.09 Å². The van der Waals surface area contributed by atoms with E-state index in [0.717, 1.165) is 0 Å². The molecule has 1 aliphatic heterocycles. The number of hydrogen-bond acceptors (Lipinski definition) is 5. The zero-order valence-corrected chi connectivity index (χ0v) is 13.5. The Morgan fingerprint density at radius 3 is 3.00 bits per heavy atom. The van der Waals surface area contributed by atoms with Gasteiger partial charge in [-0.3, -0.25) is 4.90 Å².